The Hall–Kier alpha value is -3.08. The SMILES string of the molecule is O=C(COC(=O)c1ccc(=O)[nH]c1)Nc1ncc([N+](=O)[O-])s1. The van der Waals surface area contributed by atoms with Crippen LogP contribution in [0.2, 0.25) is 0 Å². The number of aromatic amines is 1. The number of ether oxygens (including phenoxy) is 1. The van der Waals surface area contributed by atoms with Gasteiger partial charge in [0.2, 0.25) is 5.56 Å². The lowest BCUT2D eigenvalue weighted by Gasteiger charge is -2.04. The van der Waals surface area contributed by atoms with E-state index < -0.39 is 23.4 Å². The summed E-state index contributed by atoms with van der Waals surface area (Å²) in [5, 5.41) is 12.5. The topological polar surface area (TPSA) is 144 Å². The van der Waals surface area contributed by atoms with Crippen molar-refractivity contribution >= 4 is 33.3 Å². The van der Waals surface area contributed by atoms with Crippen molar-refractivity contribution < 1.29 is 19.2 Å². The maximum absolute atomic E-state index is 11.6. The fourth-order valence-electron chi connectivity index (χ4n) is 1.32. The monoisotopic (exact) mass is 324 g/mol. The van der Waals surface area contributed by atoms with Crippen LogP contribution in [-0.4, -0.2) is 33.4 Å². The molecule has 0 atom stereocenters. The molecule has 0 spiro atoms. The third-order valence-electron chi connectivity index (χ3n) is 2.27. The van der Waals surface area contributed by atoms with E-state index in [-0.39, 0.29) is 21.3 Å². The molecule has 0 radical (unpaired) electrons. The lowest BCUT2D eigenvalue weighted by molar-refractivity contribution is -0.380. The van der Waals surface area contributed by atoms with Gasteiger partial charge in [0.15, 0.2) is 11.7 Å². The minimum absolute atomic E-state index is 0.0248. The van der Waals surface area contributed by atoms with Gasteiger partial charge in [-0.1, -0.05) is 0 Å². The molecule has 1 amide bonds. The van der Waals surface area contributed by atoms with Crippen LogP contribution < -0.4 is 10.9 Å². The molecule has 0 aliphatic carbocycles. The second-order valence-electron chi connectivity index (χ2n) is 3.83. The number of H-pyrrole nitrogens is 1. The number of thiazole rings is 1. The third-order valence-corrected chi connectivity index (χ3v) is 3.14. The summed E-state index contributed by atoms with van der Waals surface area (Å²) in [7, 11) is 0. The van der Waals surface area contributed by atoms with Crippen LogP contribution in [0, 0.1) is 10.1 Å². The summed E-state index contributed by atoms with van der Waals surface area (Å²) < 4.78 is 4.73. The minimum Gasteiger partial charge on any atom is -0.452 e. The highest BCUT2D eigenvalue weighted by atomic mass is 32.1. The van der Waals surface area contributed by atoms with Gasteiger partial charge >= 0.3 is 11.0 Å². The van der Waals surface area contributed by atoms with E-state index in [1.807, 2.05) is 0 Å². The maximum atomic E-state index is 11.6. The number of esters is 1. The molecule has 0 fully saturated rings. The van der Waals surface area contributed by atoms with Crippen LogP contribution in [0.3, 0.4) is 0 Å². The van der Waals surface area contributed by atoms with E-state index in [0.29, 0.717) is 11.3 Å². The van der Waals surface area contributed by atoms with Gasteiger partial charge in [-0.15, -0.1) is 0 Å². The van der Waals surface area contributed by atoms with Crippen molar-refractivity contribution in [1.29, 1.82) is 0 Å². The Morgan fingerprint density at radius 2 is 2.23 bits per heavy atom. The Bertz CT molecular complexity index is 762. The van der Waals surface area contributed by atoms with Gasteiger partial charge in [-0.05, 0) is 17.4 Å². The molecule has 0 saturated carbocycles. The van der Waals surface area contributed by atoms with Gasteiger partial charge in [0.05, 0.1) is 10.5 Å². The van der Waals surface area contributed by atoms with Crippen LogP contribution in [-0.2, 0) is 9.53 Å². The Kier molecular flexibility index (Phi) is 4.58. The maximum Gasteiger partial charge on any atom is 0.345 e. The molecule has 0 aromatic carbocycles. The summed E-state index contributed by atoms with van der Waals surface area (Å²) >= 11 is 0.679. The molecule has 10 nitrogen and oxygen atoms in total. The Morgan fingerprint density at radius 1 is 1.45 bits per heavy atom. The first kappa shape index (κ1) is 15.3. The van der Waals surface area contributed by atoms with Crippen LogP contribution in [0.5, 0.6) is 0 Å². The molecule has 114 valence electrons. The Labute approximate surface area is 125 Å². The van der Waals surface area contributed by atoms with Crippen LogP contribution >= 0.6 is 11.3 Å². The molecule has 2 rings (SSSR count). The summed E-state index contributed by atoms with van der Waals surface area (Å²) in [4.78, 5) is 49.7. The number of anilines is 1. The van der Waals surface area contributed by atoms with Gasteiger partial charge < -0.3 is 9.72 Å². The van der Waals surface area contributed by atoms with Gasteiger partial charge in [0.1, 0.15) is 6.20 Å². The van der Waals surface area contributed by atoms with E-state index in [1.165, 1.54) is 6.07 Å². The molecule has 0 aliphatic heterocycles. The van der Waals surface area contributed by atoms with Crippen LogP contribution in [0.25, 0.3) is 0 Å². The number of aromatic nitrogens is 2. The number of nitrogens with one attached hydrogen (secondary N) is 2. The highest BCUT2D eigenvalue weighted by molar-refractivity contribution is 7.18. The summed E-state index contributed by atoms with van der Waals surface area (Å²) in [6.45, 7) is -0.592. The van der Waals surface area contributed by atoms with Crippen molar-refractivity contribution in [3.05, 3.63) is 50.6 Å². The number of hydrogen-bond donors (Lipinski definition) is 2. The van der Waals surface area contributed by atoms with E-state index in [0.717, 1.165) is 18.5 Å². The summed E-state index contributed by atoms with van der Waals surface area (Å²) in [5.41, 5.74) is -0.294. The van der Waals surface area contributed by atoms with E-state index in [2.05, 4.69) is 15.3 Å². The van der Waals surface area contributed by atoms with Crippen molar-refractivity contribution in [3.8, 4) is 0 Å². The van der Waals surface area contributed by atoms with Crippen molar-refractivity contribution in [3.63, 3.8) is 0 Å². The quantitative estimate of drug-likeness (QED) is 0.463. The standard InChI is InChI=1S/C11H8N4O6S/c16-7-2-1-6(3-12-7)10(18)21-5-8(17)14-11-13-4-9(22-11)15(19)20/h1-4H,5H2,(H,12,16)(H,13,14,17). The van der Waals surface area contributed by atoms with Crippen molar-refractivity contribution in [1.82, 2.24) is 9.97 Å². The number of nitro groups is 1. The van der Waals surface area contributed by atoms with Gasteiger partial charge in [-0.25, -0.2) is 9.78 Å². The number of nitrogens with zero attached hydrogens (tertiary/aromatic N) is 2. The number of rotatable bonds is 5. The van der Waals surface area contributed by atoms with Crippen molar-refractivity contribution in [2.24, 2.45) is 0 Å². The Balaban J connectivity index is 1.86. The third kappa shape index (κ3) is 3.96. The average Bonchev–Trinajstić information content (AvgIpc) is 2.94. The minimum atomic E-state index is -0.795. The predicted octanol–water partition coefficient (Wildman–Crippen LogP) is 0.535. The number of carbonyl (C=O) groups excluding carboxylic acids is 2. The number of amides is 1. The molecule has 11 heteroatoms. The molecular weight excluding hydrogens is 316 g/mol. The molecule has 2 aromatic rings. The van der Waals surface area contributed by atoms with E-state index >= 15 is 0 Å². The van der Waals surface area contributed by atoms with Gasteiger partial charge in [-0.2, -0.15) is 0 Å². The largest absolute Gasteiger partial charge is 0.452 e. The average molecular weight is 324 g/mol. The van der Waals surface area contributed by atoms with Crippen LogP contribution in [0.4, 0.5) is 10.1 Å². The normalized spacial score (nSPS) is 10.0. The molecule has 0 saturated heterocycles. The van der Waals surface area contributed by atoms with Crippen molar-refractivity contribution in [2.45, 2.75) is 0 Å². The van der Waals surface area contributed by atoms with E-state index in [9.17, 15) is 24.5 Å². The van der Waals surface area contributed by atoms with Gasteiger partial charge in [0, 0.05) is 12.3 Å². The van der Waals surface area contributed by atoms with E-state index in [4.69, 9.17) is 4.74 Å². The number of carbonyl (C=O) groups is 2. The molecular formula is C11H8N4O6S. The molecule has 2 heterocycles. The Morgan fingerprint density at radius 3 is 2.82 bits per heavy atom. The number of hydrogen-bond acceptors (Lipinski definition) is 8. The molecule has 0 aliphatic rings. The zero-order chi connectivity index (χ0) is 16.1. The molecule has 0 unspecified atom stereocenters. The summed E-state index contributed by atoms with van der Waals surface area (Å²) in [5.74, 6) is -1.49. The smallest absolute Gasteiger partial charge is 0.345 e. The van der Waals surface area contributed by atoms with Crippen LogP contribution in [0.15, 0.2) is 29.3 Å². The second kappa shape index (κ2) is 6.58. The first-order valence-electron chi connectivity index (χ1n) is 5.71. The first-order valence-corrected chi connectivity index (χ1v) is 6.53. The summed E-state index contributed by atoms with van der Waals surface area (Å²) in [6.07, 6.45) is 2.17. The predicted molar refractivity (Wildman–Crippen MR) is 74.7 cm³/mol. The van der Waals surface area contributed by atoms with Crippen molar-refractivity contribution in [2.75, 3.05) is 11.9 Å². The fraction of sp³-hybridized carbons (Fsp3) is 0.0909. The van der Waals surface area contributed by atoms with Gasteiger partial charge in [0.25, 0.3) is 5.91 Å². The lowest BCUT2D eigenvalue weighted by Crippen LogP contribution is -2.21. The zero-order valence-corrected chi connectivity index (χ0v) is 11.6. The first-order chi connectivity index (χ1) is 10.5. The highest BCUT2D eigenvalue weighted by Gasteiger charge is 2.15. The molecule has 22 heavy (non-hydrogen) atoms. The van der Waals surface area contributed by atoms with E-state index in [1.54, 1.807) is 0 Å². The summed E-state index contributed by atoms with van der Waals surface area (Å²) in [6, 6.07) is 2.40. The highest BCUT2D eigenvalue weighted by Crippen LogP contribution is 2.24. The second-order valence-corrected chi connectivity index (χ2v) is 4.84. The lowest BCUT2D eigenvalue weighted by atomic mass is 10.3. The molecule has 0 bridgehead atoms. The number of pyridine rings is 1. The van der Waals surface area contributed by atoms with Crippen LogP contribution in [0.1, 0.15) is 10.4 Å². The van der Waals surface area contributed by atoms with Gasteiger partial charge in [-0.3, -0.25) is 25.0 Å². The zero-order valence-electron chi connectivity index (χ0n) is 10.8. The molecule has 2 N–H and O–H groups in total. The molecule has 2 aromatic heterocycles. The fourth-order valence-corrected chi connectivity index (χ4v) is 1.96.